The number of piperidine rings is 1. The van der Waals surface area contributed by atoms with Crippen LogP contribution in [0.5, 0.6) is 0 Å². The van der Waals surface area contributed by atoms with Crippen molar-refractivity contribution < 1.29 is 36.4 Å². The molecule has 12 heteroatoms. The lowest BCUT2D eigenvalue weighted by Gasteiger charge is -2.40. The molecule has 3 saturated heterocycles. The lowest BCUT2D eigenvalue weighted by Crippen LogP contribution is -2.52. The highest BCUT2D eigenvalue weighted by molar-refractivity contribution is 7.80. The fourth-order valence-electron chi connectivity index (χ4n) is 4.90. The first-order valence-electron chi connectivity index (χ1n) is 9.59. The van der Waals surface area contributed by atoms with Gasteiger partial charge in [0.1, 0.15) is 6.04 Å². The van der Waals surface area contributed by atoms with Crippen molar-refractivity contribution in [2.45, 2.75) is 63.1 Å². The maximum absolute atomic E-state index is 12.7. The van der Waals surface area contributed by atoms with E-state index in [9.17, 15) is 18.0 Å². The van der Waals surface area contributed by atoms with Gasteiger partial charge in [-0.2, -0.15) is 13.5 Å². The van der Waals surface area contributed by atoms with Gasteiger partial charge in [-0.15, -0.1) is 4.28 Å². The van der Waals surface area contributed by atoms with Crippen LogP contribution in [0.2, 0.25) is 0 Å². The monoisotopic (exact) mass is 419 g/mol. The molecular weight excluding hydrogens is 394 g/mol. The third-order valence-electron chi connectivity index (χ3n) is 6.30. The van der Waals surface area contributed by atoms with E-state index < -0.39 is 34.4 Å². The molecule has 1 aliphatic carbocycles. The van der Waals surface area contributed by atoms with Gasteiger partial charge in [-0.1, -0.05) is 12.8 Å². The number of carbonyl (C=O) groups is 2. The molecule has 1 spiro atoms. The van der Waals surface area contributed by atoms with Crippen molar-refractivity contribution in [1.29, 1.82) is 0 Å². The molecule has 3 aliphatic heterocycles. The second-order valence-electron chi connectivity index (χ2n) is 7.99. The average molecular weight is 419 g/mol. The Hall–Kier alpha value is -1.47. The Morgan fingerprint density at radius 2 is 2.00 bits per heavy atom. The van der Waals surface area contributed by atoms with Gasteiger partial charge in [0.25, 0.3) is 5.91 Å². The molecule has 0 radical (unpaired) electrons. The molecule has 3 amide bonds. The molecule has 0 aromatic carbocycles. The summed E-state index contributed by atoms with van der Waals surface area (Å²) in [6.07, 6.45) is 5.53. The molecule has 3 unspecified atom stereocenters. The van der Waals surface area contributed by atoms with Crippen LogP contribution in [0.1, 0.15) is 44.9 Å². The van der Waals surface area contributed by atoms with Crippen LogP contribution < -0.4 is 5.48 Å². The summed E-state index contributed by atoms with van der Waals surface area (Å²) < 4.78 is 40.7. The molecule has 4 rings (SSSR count). The third kappa shape index (κ3) is 3.71. The molecule has 2 N–H and O–H groups in total. The second-order valence-corrected chi connectivity index (χ2v) is 9.00. The number of nitrogens with zero attached hydrogens (tertiary/aromatic N) is 2. The molecule has 0 aromatic rings. The number of ether oxygens (including phenoxy) is 1. The minimum atomic E-state index is -4.81. The zero-order valence-corrected chi connectivity index (χ0v) is 16.2. The van der Waals surface area contributed by atoms with E-state index in [1.807, 2.05) is 0 Å². The van der Waals surface area contributed by atoms with Crippen molar-refractivity contribution in [2.24, 2.45) is 5.41 Å². The first-order valence-corrected chi connectivity index (χ1v) is 11.0. The lowest BCUT2D eigenvalue weighted by molar-refractivity contribution is -0.173. The summed E-state index contributed by atoms with van der Waals surface area (Å²) in [4.78, 5) is 32.1. The van der Waals surface area contributed by atoms with Gasteiger partial charge >= 0.3 is 16.4 Å². The van der Waals surface area contributed by atoms with Crippen LogP contribution in [0.15, 0.2) is 0 Å². The van der Waals surface area contributed by atoms with Gasteiger partial charge in [0.2, 0.25) is 0 Å². The number of hydrogen-bond donors (Lipinski definition) is 2. The van der Waals surface area contributed by atoms with E-state index in [-0.39, 0.29) is 18.1 Å². The predicted octanol–water partition coefficient (Wildman–Crippen LogP) is 0.387. The fraction of sp³-hybridized carbons (Fsp3) is 0.875. The SMILES string of the molecule is O=C(NOC1CCOCC12CCCC2)C1CCC2CN1C(=O)N2OS(=O)(=O)O. The molecular formula is C16H25N3O8S. The van der Waals surface area contributed by atoms with E-state index in [0.717, 1.165) is 25.7 Å². The topological polar surface area (TPSA) is 135 Å². The van der Waals surface area contributed by atoms with Crippen molar-refractivity contribution in [3.63, 3.8) is 0 Å². The van der Waals surface area contributed by atoms with Crippen molar-refractivity contribution in [3.8, 4) is 0 Å². The summed E-state index contributed by atoms with van der Waals surface area (Å²) in [6.45, 7) is 1.36. The third-order valence-corrected chi connectivity index (χ3v) is 6.65. The van der Waals surface area contributed by atoms with Crippen LogP contribution in [0.3, 0.4) is 0 Å². The van der Waals surface area contributed by atoms with Crippen LogP contribution in [-0.2, 0) is 29.1 Å². The van der Waals surface area contributed by atoms with Crippen molar-refractivity contribution in [2.75, 3.05) is 19.8 Å². The highest BCUT2D eigenvalue weighted by Gasteiger charge is 2.50. The van der Waals surface area contributed by atoms with Gasteiger partial charge in [0, 0.05) is 25.0 Å². The quantitative estimate of drug-likeness (QED) is 0.483. The van der Waals surface area contributed by atoms with Crippen LogP contribution >= 0.6 is 0 Å². The van der Waals surface area contributed by atoms with E-state index in [0.29, 0.717) is 37.5 Å². The predicted molar refractivity (Wildman–Crippen MR) is 92.7 cm³/mol. The van der Waals surface area contributed by atoms with Crippen molar-refractivity contribution >= 4 is 22.3 Å². The normalized spacial score (nSPS) is 32.2. The first kappa shape index (κ1) is 19.8. The van der Waals surface area contributed by atoms with E-state index in [1.54, 1.807) is 0 Å². The largest absolute Gasteiger partial charge is 0.418 e. The number of nitrogens with one attached hydrogen (secondary N) is 1. The summed E-state index contributed by atoms with van der Waals surface area (Å²) in [6, 6.07) is -2.08. The van der Waals surface area contributed by atoms with Crippen molar-refractivity contribution in [3.05, 3.63) is 0 Å². The molecule has 3 atom stereocenters. The number of fused-ring (bicyclic) bond motifs is 2. The Kier molecular flexibility index (Phi) is 5.25. The summed E-state index contributed by atoms with van der Waals surface area (Å²) in [5, 5.41) is 0.621. The summed E-state index contributed by atoms with van der Waals surface area (Å²) in [5.41, 5.74) is 2.46. The highest BCUT2D eigenvalue weighted by atomic mass is 32.3. The lowest BCUT2D eigenvalue weighted by atomic mass is 9.78. The summed E-state index contributed by atoms with van der Waals surface area (Å²) >= 11 is 0. The second kappa shape index (κ2) is 7.41. The zero-order chi connectivity index (χ0) is 19.9. The summed E-state index contributed by atoms with van der Waals surface area (Å²) in [7, 11) is -4.81. The maximum atomic E-state index is 12.7. The van der Waals surface area contributed by atoms with Crippen LogP contribution in [0, 0.1) is 5.41 Å². The molecule has 3 heterocycles. The Labute approximate surface area is 163 Å². The first-order chi connectivity index (χ1) is 13.3. The Morgan fingerprint density at radius 1 is 1.25 bits per heavy atom. The number of urea groups is 1. The smallest absolute Gasteiger partial charge is 0.381 e. The average Bonchev–Trinajstić information content (AvgIpc) is 3.20. The minimum Gasteiger partial charge on any atom is -0.381 e. The van der Waals surface area contributed by atoms with Crippen LogP contribution in [0.4, 0.5) is 4.79 Å². The highest BCUT2D eigenvalue weighted by Crippen LogP contribution is 2.45. The van der Waals surface area contributed by atoms with E-state index in [2.05, 4.69) is 9.76 Å². The minimum absolute atomic E-state index is 0.0627. The molecule has 4 aliphatic rings. The van der Waals surface area contributed by atoms with Gasteiger partial charge in [0.15, 0.2) is 0 Å². The molecule has 4 fully saturated rings. The number of hydrogen-bond acceptors (Lipinski definition) is 7. The van der Waals surface area contributed by atoms with Crippen LogP contribution in [0.25, 0.3) is 0 Å². The summed E-state index contributed by atoms with van der Waals surface area (Å²) in [5.74, 6) is -0.444. The zero-order valence-electron chi connectivity index (χ0n) is 15.4. The maximum Gasteiger partial charge on any atom is 0.418 e. The molecule has 28 heavy (non-hydrogen) atoms. The fourth-order valence-corrected chi connectivity index (χ4v) is 5.28. The van der Waals surface area contributed by atoms with E-state index >= 15 is 0 Å². The van der Waals surface area contributed by atoms with E-state index in [4.69, 9.17) is 14.1 Å². The standard InChI is InChI=1S/C16H25N3O8S/c20-14(17-26-13-5-8-25-10-16(13)6-1-2-7-16)12-4-3-11-9-18(12)15(21)19(11)27-28(22,23)24/h11-13H,1-10H2,(H,17,20)(H,22,23,24). The molecule has 0 aromatic heterocycles. The number of amides is 3. The molecule has 158 valence electrons. The van der Waals surface area contributed by atoms with Crippen molar-refractivity contribution in [1.82, 2.24) is 15.4 Å². The molecule has 1 saturated carbocycles. The number of carbonyl (C=O) groups excluding carboxylic acids is 2. The van der Waals surface area contributed by atoms with Gasteiger partial charge in [-0.25, -0.2) is 10.3 Å². The number of hydroxylamine groups is 3. The Balaban J connectivity index is 1.37. The van der Waals surface area contributed by atoms with Gasteiger partial charge < -0.3 is 9.64 Å². The Morgan fingerprint density at radius 3 is 2.71 bits per heavy atom. The Bertz CT molecular complexity index is 738. The van der Waals surface area contributed by atoms with Gasteiger partial charge in [0.05, 0.1) is 18.8 Å². The van der Waals surface area contributed by atoms with Gasteiger partial charge in [-0.05, 0) is 25.7 Å². The number of rotatable bonds is 5. The van der Waals surface area contributed by atoms with Crippen LogP contribution in [-0.4, -0.2) is 72.8 Å². The molecule has 2 bridgehead atoms. The van der Waals surface area contributed by atoms with Gasteiger partial charge in [-0.3, -0.25) is 14.2 Å². The molecule has 11 nitrogen and oxygen atoms in total. The van der Waals surface area contributed by atoms with E-state index in [1.165, 1.54) is 4.90 Å².